The normalized spacial score (nSPS) is 18.8. The highest BCUT2D eigenvalue weighted by atomic mass is 19.4. The van der Waals surface area contributed by atoms with Crippen molar-refractivity contribution < 1.29 is 37.0 Å². The van der Waals surface area contributed by atoms with E-state index in [0.29, 0.717) is 34.2 Å². The van der Waals surface area contributed by atoms with Crippen LogP contribution in [0.15, 0.2) is 78.0 Å². The number of benzene rings is 3. The van der Waals surface area contributed by atoms with E-state index in [2.05, 4.69) is 5.32 Å². The zero-order chi connectivity index (χ0) is 28.6. The van der Waals surface area contributed by atoms with Gasteiger partial charge in [0.2, 0.25) is 0 Å². The summed E-state index contributed by atoms with van der Waals surface area (Å²) in [5.74, 6) is -1.39. The molecule has 2 aliphatic rings. The maximum Gasteiger partial charge on any atom is 0.471 e. The van der Waals surface area contributed by atoms with Crippen LogP contribution in [-0.2, 0) is 9.59 Å². The molecule has 0 saturated heterocycles. The maximum atomic E-state index is 14.1. The molecule has 2 atom stereocenters. The molecule has 0 fully saturated rings. The first-order chi connectivity index (χ1) is 19.2. The Bertz CT molecular complexity index is 1480. The summed E-state index contributed by atoms with van der Waals surface area (Å²) in [6.07, 6.45) is -4.79. The van der Waals surface area contributed by atoms with Gasteiger partial charge in [-0.25, -0.2) is 0 Å². The summed E-state index contributed by atoms with van der Waals surface area (Å²) in [5, 5.41) is 3.22. The number of carbonyl (C=O) groups excluding carboxylic acids is 2. The van der Waals surface area contributed by atoms with Gasteiger partial charge in [0, 0.05) is 17.7 Å². The van der Waals surface area contributed by atoms with Crippen molar-refractivity contribution in [2.45, 2.75) is 31.0 Å². The van der Waals surface area contributed by atoms with Crippen LogP contribution >= 0.6 is 0 Å². The number of Topliss-reactive ketones (excluding diaryl/α,β-unsaturated/α-hetero) is 1. The molecule has 0 aromatic heterocycles. The summed E-state index contributed by atoms with van der Waals surface area (Å²) >= 11 is 0. The number of allylic oxidation sites excluding steroid dienone is 1. The second kappa shape index (κ2) is 10.6. The minimum atomic E-state index is -5.20. The van der Waals surface area contributed by atoms with Gasteiger partial charge in [0.1, 0.15) is 5.75 Å². The number of alkyl halides is 3. The van der Waals surface area contributed by atoms with Crippen molar-refractivity contribution in [1.82, 2.24) is 0 Å². The third kappa shape index (κ3) is 4.85. The van der Waals surface area contributed by atoms with E-state index < -0.39 is 18.1 Å². The van der Waals surface area contributed by atoms with Gasteiger partial charge in [0.25, 0.3) is 0 Å². The number of amides is 1. The molecule has 0 spiro atoms. The Morgan fingerprint density at radius 3 is 2.20 bits per heavy atom. The van der Waals surface area contributed by atoms with Gasteiger partial charge in [0.05, 0.1) is 38.7 Å². The molecule has 1 aliphatic carbocycles. The maximum absolute atomic E-state index is 14.1. The molecule has 0 saturated carbocycles. The molecule has 1 N–H and O–H groups in total. The van der Waals surface area contributed by atoms with E-state index in [4.69, 9.17) is 14.2 Å². The number of para-hydroxylation sites is 2. The van der Waals surface area contributed by atoms with Crippen molar-refractivity contribution in [3.8, 4) is 17.2 Å². The molecule has 0 radical (unpaired) electrons. The first-order valence-electron chi connectivity index (χ1n) is 12.5. The number of halogens is 3. The van der Waals surface area contributed by atoms with Crippen molar-refractivity contribution in [1.29, 1.82) is 0 Å². The average Bonchev–Trinajstić information content (AvgIpc) is 3.10. The second-order valence-corrected chi connectivity index (χ2v) is 9.53. The van der Waals surface area contributed by atoms with Crippen LogP contribution in [0.2, 0.25) is 0 Å². The van der Waals surface area contributed by atoms with Crippen LogP contribution in [0.5, 0.6) is 17.2 Å². The van der Waals surface area contributed by atoms with Crippen LogP contribution in [-0.4, -0.2) is 39.2 Å². The van der Waals surface area contributed by atoms with Gasteiger partial charge in [-0.1, -0.05) is 30.3 Å². The summed E-state index contributed by atoms with van der Waals surface area (Å²) in [6.45, 7) is 0. The molecule has 0 bridgehead atoms. The molecule has 1 aliphatic heterocycles. The number of hydrogen-bond donors (Lipinski definition) is 1. The lowest BCUT2D eigenvalue weighted by molar-refractivity contribution is -0.170. The number of anilines is 2. The van der Waals surface area contributed by atoms with Crippen molar-refractivity contribution in [2.24, 2.45) is 0 Å². The summed E-state index contributed by atoms with van der Waals surface area (Å²) in [5.41, 5.74) is 2.03. The summed E-state index contributed by atoms with van der Waals surface area (Å²) < 4.78 is 58.3. The third-order valence-electron chi connectivity index (χ3n) is 7.26. The Morgan fingerprint density at radius 1 is 0.875 bits per heavy atom. The van der Waals surface area contributed by atoms with Gasteiger partial charge >= 0.3 is 12.1 Å². The van der Waals surface area contributed by atoms with E-state index in [1.807, 2.05) is 12.1 Å². The Hall–Kier alpha value is -4.47. The molecular formula is C30H27F3N2O5. The first kappa shape index (κ1) is 27.1. The number of hydrogen-bond acceptors (Lipinski definition) is 6. The predicted octanol–water partition coefficient (Wildman–Crippen LogP) is 6.18. The number of nitrogens with zero attached hydrogens (tertiary/aromatic N) is 1. The topological polar surface area (TPSA) is 77.1 Å². The van der Waals surface area contributed by atoms with E-state index in [0.717, 1.165) is 5.56 Å². The van der Waals surface area contributed by atoms with E-state index >= 15 is 0 Å². The van der Waals surface area contributed by atoms with E-state index in [9.17, 15) is 22.8 Å². The lowest BCUT2D eigenvalue weighted by atomic mass is 9.78. The fourth-order valence-electron chi connectivity index (χ4n) is 5.40. The largest absolute Gasteiger partial charge is 0.497 e. The molecule has 1 amide bonds. The van der Waals surface area contributed by atoms with Gasteiger partial charge < -0.3 is 19.5 Å². The minimum absolute atomic E-state index is 0.00723. The number of ether oxygens (including phenoxy) is 3. The number of methoxy groups -OCH3 is 3. The Morgan fingerprint density at radius 2 is 1.55 bits per heavy atom. The zero-order valence-corrected chi connectivity index (χ0v) is 22.0. The van der Waals surface area contributed by atoms with E-state index in [1.54, 1.807) is 49.6 Å². The van der Waals surface area contributed by atoms with Crippen molar-refractivity contribution in [2.75, 3.05) is 31.5 Å². The Kier molecular flexibility index (Phi) is 7.18. The molecular weight excluding hydrogens is 525 g/mol. The van der Waals surface area contributed by atoms with Crippen LogP contribution in [0, 0.1) is 0 Å². The van der Waals surface area contributed by atoms with Gasteiger partial charge in [-0.05, 0) is 59.9 Å². The summed E-state index contributed by atoms with van der Waals surface area (Å²) in [7, 11) is 4.40. The zero-order valence-electron chi connectivity index (χ0n) is 22.0. The van der Waals surface area contributed by atoms with Crippen LogP contribution in [0.4, 0.5) is 24.5 Å². The van der Waals surface area contributed by atoms with Gasteiger partial charge in [-0.15, -0.1) is 0 Å². The average molecular weight is 553 g/mol. The molecule has 208 valence electrons. The van der Waals surface area contributed by atoms with Crippen molar-refractivity contribution >= 4 is 23.1 Å². The van der Waals surface area contributed by atoms with Crippen LogP contribution < -0.4 is 24.4 Å². The van der Waals surface area contributed by atoms with Gasteiger partial charge in [-0.3, -0.25) is 14.5 Å². The number of nitrogens with one attached hydrogen (secondary N) is 1. The Balaban J connectivity index is 1.72. The van der Waals surface area contributed by atoms with Gasteiger partial charge in [0.15, 0.2) is 17.3 Å². The van der Waals surface area contributed by atoms with E-state index in [-0.39, 0.29) is 40.7 Å². The number of rotatable bonds is 5. The standard InChI is InChI=1S/C30H27F3N2O5/c1-38-20-11-8-17(9-12-20)19-14-22-27(24(36)15-19)28(18-10-13-25(39-2)26(16-18)40-3)35(29(37)30(31,32)33)23-7-5-4-6-21(23)34-22/h4-13,16,19,28,34H,14-15H2,1-3H3/t19-,28-/m1/s1. The SMILES string of the molecule is COc1ccc([C@H]2CC(=O)C3=C(C2)Nc2ccccc2N(C(=O)C(F)(F)F)[C@@H]3c2ccc(OC)c(OC)c2)cc1. The Labute approximate surface area is 229 Å². The number of ketones is 1. The molecule has 5 rings (SSSR count). The molecule has 10 heteroatoms. The highest BCUT2D eigenvalue weighted by Gasteiger charge is 2.50. The van der Waals surface area contributed by atoms with Crippen molar-refractivity contribution in [3.63, 3.8) is 0 Å². The summed E-state index contributed by atoms with van der Waals surface area (Å²) in [4.78, 5) is 27.7. The molecule has 40 heavy (non-hydrogen) atoms. The lowest BCUT2D eigenvalue weighted by Crippen LogP contribution is -2.45. The van der Waals surface area contributed by atoms with Crippen LogP contribution in [0.3, 0.4) is 0 Å². The third-order valence-corrected chi connectivity index (χ3v) is 7.26. The highest BCUT2D eigenvalue weighted by Crippen LogP contribution is 2.49. The fraction of sp³-hybridized carbons (Fsp3) is 0.267. The lowest BCUT2D eigenvalue weighted by Gasteiger charge is -2.35. The molecule has 0 unspecified atom stereocenters. The van der Waals surface area contributed by atoms with Crippen LogP contribution in [0.25, 0.3) is 0 Å². The second-order valence-electron chi connectivity index (χ2n) is 9.53. The molecule has 1 heterocycles. The monoisotopic (exact) mass is 552 g/mol. The molecule has 3 aromatic carbocycles. The van der Waals surface area contributed by atoms with E-state index in [1.165, 1.54) is 26.4 Å². The van der Waals surface area contributed by atoms with Gasteiger partial charge in [-0.2, -0.15) is 13.2 Å². The predicted molar refractivity (Wildman–Crippen MR) is 143 cm³/mol. The molecule has 7 nitrogen and oxygen atoms in total. The highest BCUT2D eigenvalue weighted by molar-refractivity contribution is 6.07. The van der Waals surface area contributed by atoms with Crippen molar-refractivity contribution in [3.05, 3.63) is 89.1 Å². The smallest absolute Gasteiger partial charge is 0.471 e. The van der Waals surface area contributed by atoms with Crippen LogP contribution in [0.1, 0.15) is 35.9 Å². The minimum Gasteiger partial charge on any atom is -0.497 e. The fourth-order valence-corrected chi connectivity index (χ4v) is 5.40. The first-order valence-corrected chi connectivity index (χ1v) is 12.5. The quantitative estimate of drug-likeness (QED) is 0.408. The molecule has 3 aromatic rings. The number of fused-ring (bicyclic) bond motifs is 1. The number of carbonyl (C=O) groups is 2. The summed E-state index contributed by atoms with van der Waals surface area (Å²) in [6, 6.07) is 16.8.